The molecule has 20 N–H and O–H groups in total. The number of rotatable bonds is 72. The zero-order chi connectivity index (χ0) is 95.4. The number of hydrogen-bond acceptors (Lipinski definition) is 28. The maximum absolute atomic E-state index is 14.3. The highest BCUT2D eigenvalue weighted by molar-refractivity contribution is 8.00. The van der Waals surface area contributed by atoms with Crippen LogP contribution >= 0.6 is 23.5 Å². The molecule has 0 aromatic heterocycles. The molecule has 0 spiro atoms. The topological polar surface area (TPSA) is 707 Å². The fourth-order valence-corrected chi connectivity index (χ4v) is 15.3. The van der Waals surface area contributed by atoms with Gasteiger partial charge in [-0.15, -0.1) is 11.8 Å². The number of aliphatic carboxylic acids is 5. The molecule has 2 aliphatic rings. The number of hydrogen-bond donors (Lipinski definition) is 16. The number of Topliss-reactive ketones (excluding diaryl/α,β-unsaturated/α-hetero) is 6. The van der Waals surface area contributed by atoms with Crippen LogP contribution < -0.4 is 60.2 Å². The largest absolute Gasteiger partial charge is 0.481 e. The van der Waals surface area contributed by atoms with E-state index in [2.05, 4.69) is 47.2 Å². The van der Waals surface area contributed by atoms with E-state index in [0.717, 1.165) is 4.90 Å². The Labute approximate surface area is 744 Å². The summed E-state index contributed by atoms with van der Waals surface area (Å²) in [5, 5.41) is 65.2. The van der Waals surface area contributed by atoms with Crippen LogP contribution in [0.4, 0.5) is 0 Å². The predicted molar refractivity (Wildman–Crippen MR) is 459 cm³/mol. The van der Waals surface area contributed by atoms with Crippen molar-refractivity contribution in [1.82, 2.24) is 47.0 Å². The predicted octanol–water partition coefficient (Wildman–Crippen LogP) is -1.19. The van der Waals surface area contributed by atoms with Crippen molar-refractivity contribution in [1.29, 1.82) is 0 Å². The number of amides is 10. The Morgan fingerprint density at radius 1 is 0.504 bits per heavy atom. The SMILES string of the molecule is COCCOCCSC1CC(=O)N(CCC(=O)N[C@H](CCC(=O)O)C(=O)C[C@H](CCC(=O)O)C(=O)N[C@H](CCC(=O)O)C(=O)C[C@H](CCC(=O)O)C(=O)N[C@H](CCC(=O)O)C(=O)CCCOCC(=O)N2CCC[C@H]2C(=O)N[C@@H](CC(C)C)C(=O)CCC(=O)N[C@@H](CSC)C(=O)C[C@@H](C)C(=O)NCC(=O)C[C@H](CCCN=C(N)N)C(=O)N[C@@H](C)CCCN=C(N)N)C1=O. The minimum Gasteiger partial charge on any atom is -0.481 e. The molecule has 12 atom stereocenters. The Morgan fingerprint density at radius 2 is 1.00 bits per heavy atom. The van der Waals surface area contributed by atoms with Gasteiger partial charge in [-0.3, -0.25) is 116 Å². The highest BCUT2D eigenvalue weighted by Crippen LogP contribution is 2.27. The molecule has 2 saturated heterocycles. The zero-order valence-electron chi connectivity index (χ0n) is 73.0. The summed E-state index contributed by atoms with van der Waals surface area (Å²) in [7, 11) is 1.49. The number of methoxy groups -OCH3 is 1. The van der Waals surface area contributed by atoms with Crippen LogP contribution in [0.25, 0.3) is 0 Å². The van der Waals surface area contributed by atoms with Crippen LogP contribution in [0.15, 0.2) is 9.98 Å². The second kappa shape index (κ2) is 61.7. The molecule has 714 valence electrons. The number of imide groups is 1. The Bertz CT molecular complexity index is 3820. The van der Waals surface area contributed by atoms with Gasteiger partial charge < -0.3 is 105 Å². The molecule has 44 nitrogen and oxygen atoms in total. The number of carboxylic acid groups (broad SMARTS) is 5. The molecule has 46 heteroatoms. The first-order chi connectivity index (χ1) is 60.0. The van der Waals surface area contributed by atoms with E-state index in [-0.39, 0.29) is 113 Å². The fourth-order valence-electron chi connectivity index (χ4n) is 13.7. The second-order valence-corrected chi connectivity index (χ2v) is 33.8. The average Bonchev–Trinajstić information content (AvgIpc) is 1.71. The highest BCUT2D eigenvalue weighted by atomic mass is 32.2. The molecule has 2 heterocycles. The molecule has 0 aliphatic carbocycles. The lowest BCUT2D eigenvalue weighted by molar-refractivity contribution is -0.142. The molecule has 10 amide bonds. The minimum absolute atomic E-state index is 0.0590. The maximum Gasteiger partial charge on any atom is 0.303 e. The van der Waals surface area contributed by atoms with Crippen LogP contribution in [0.1, 0.15) is 201 Å². The molecule has 0 aromatic rings. The summed E-state index contributed by atoms with van der Waals surface area (Å²) in [6, 6.07) is -8.65. The smallest absolute Gasteiger partial charge is 0.303 e. The number of carbonyl (C=O) groups is 21. The average molecular weight is 1840 g/mol. The molecule has 2 rings (SSSR count). The van der Waals surface area contributed by atoms with Crippen molar-refractivity contribution in [2.75, 3.05) is 90.6 Å². The first kappa shape index (κ1) is 112. The lowest BCUT2D eigenvalue weighted by atomic mass is 9.89. The Balaban J connectivity index is 2.14. The van der Waals surface area contributed by atoms with Crippen molar-refractivity contribution in [2.24, 2.45) is 62.5 Å². The number of nitrogens with one attached hydrogen (secondary N) is 7. The van der Waals surface area contributed by atoms with E-state index in [9.17, 15) is 126 Å². The number of nitrogens with two attached hydrogens (primary N) is 4. The number of likely N-dealkylation sites (tertiary alicyclic amines) is 2. The van der Waals surface area contributed by atoms with Crippen LogP contribution in [-0.2, 0) is 115 Å². The van der Waals surface area contributed by atoms with E-state index in [4.69, 9.17) is 37.1 Å². The number of aliphatic imine (C=N–C) groups is 2. The van der Waals surface area contributed by atoms with E-state index in [1.54, 1.807) is 27.0 Å². The third-order valence-electron chi connectivity index (χ3n) is 20.5. The summed E-state index contributed by atoms with van der Waals surface area (Å²) in [6.45, 7) is 6.66. The van der Waals surface area contributed by atoms with Crippen molar-refractivity contribution in [2.45, 2.75) is 249 Å². The Morgan fingerprint density at radius 3 is 1.54 bits per heavy atom. The van der Waals surface area contributed by atoms with Crippen molar-refractivity contribution >= 4 is 159 Å². The molecule has 2 aliphatic heterocycles. The third-order valence-corrected chi connectivity index (χ3v) is 22.3. The summed E-state index contributed by atoms with van der Waals surface area (Å²) in [5.74, 6) is -24.1. The second-order valence-electron chi connectivity index (χ2n) is 31.6. The first-order valence-corrected chi connectivity index (χ1v) is 44.7. The van der Waals surface area contributed by atoms with Crippen molar-refractivity contribution in [3.05, 3.63) is 0 Å². The molecule has 1 unspecified atom stereocenters. The van der Waals surface area contributed by atoms with Gasteiger partial charge in [-0.05, 0) is 103 Å². The quantitative estimate of drug-likeness (QED) is 0.0147. The first-order valence-electron chi connectivity index (χ1n) is 42.3. The zero-order valence-corrected chi connectivity index (χ0v) is 74.7. The number of nitrogens with zero attached hydrogens (tertiary/aromatic N) is 4. The number of thioether (sulfide) groups is 2. The van der Waals surface area contributed by atoms with E-state index in [1.165, 1.54) is 42.5 Å². The molecule has 0 bridgehead atoms. The van der Waals surface area contributed by atoms with Gasteiger partial charge in [-0.25, -0.2) is 0 Å². The maximum atomic E-state index is 14.3. The molecular weight excluding hydrogens is 1710 g/mol. The van der Waals surface area contributed by atoms with Gasteiger partial charge in [0.15, 0.2) is 46.6 Å². The number of guanidine groups is 2. The monoisotopic (exact) mass is 1840 g/mol. The highest BCUT2D eigenvalue weighted by Gasteiger charge is 2.41. The van der Waals surface area contributed by atoms with Crippen LogP contribution in [-0.4, -0.2) is 309 Å². The standard InChI is InChI=1S/C81H129N15O29S2/c1-46(2)37-56(60(99)20-21-65(103)91-57(45-126-6)61(100)38-47(3)74(117)88-43-52(97)39-49(12-8-29-87-81(84)85)75(118)89-48(4)11-7-28-86-80(82)83)94-78(121)58-13-9-30-95(58)68(106)44-125-32-10-14-59(98)53(17-24-71(111)112)92-76(119)51(16-23-70(109)110)41-63(102)55(19-26-73(115)116)93-77(120)50(15-22-69(107)108)40-62(101)54(18-25-72(113)114)90-66(104)27-31-96-67(105)42-64(79(96)122)127-36-35-124-34-33-123-5/h46-51,53-58,64H,7-45H2,1-6H3,(H,88,117)(H,89,118)(H,90,104)(H,91,103)(H,92,119)(H,93,120)(H,94,121)(H,107,108)(H,109,110)(H,111,112)(H,113,114)(H,115,116)(H4,82,83,86)(H4,84,85,87)/t47-,48+,49+,50+,51+,53-,54-,55-,56+,57+,58+,64?/m1/s1. The third kappa shape index (κ3) is 47.7. The summed E-state index contributed by atoms with van der Waals surface area (Å²) >= 11 is 2.40. The summed E-state index contributed by atoms with van der Waals surface area (Å²) < 4.78 is 15.9. The Kier molecular flexibility index (Phi) is 54.7. The van der Waals surface area contributed by atoms with Gasteiger partial charge in [0, 0.05) is 171 Å². The summed E-state index contributed by atoms with van der Waals surface area (Å²) in [4.78, 5) is 287. The number of carbonyl (C=O) groups excluding carboxylic acids is 16. The molecule has 127 heavy (non-hydrogen) atoms. The summed E-state index contributed by atoms with van der Waals surface area (Å²) in [5.41, 5.74) is 21.7. The number of ketones is 6. The number of ether oxygens (including phenoxy) is 3. The van der Waals surface area contributed by atoms with Crippen LogP contribution in [0.2, 0.25) is 0 Å². The van der Waals surface area contributed by atoms with Crippen LogP contribution in [0, 0.1) is 29.6 Å². The lowest BCUT2D eigenvalue weighted by Gasteiger charge is -2.27. The van der Waals surface area contributed by atoms with Crippen LogP contribution in [0.5, 0.6) is 0 Å². The minimum atomic E-state index is -1.84. The van der Waals surface area contributed by atoms with Gasteiger partial charge in [0.1, 0.15) is 12.6 Å². The van der Waals surface area contributed by atoms with E-state index < -0.39 is 299 Å². The van der Waals surface area contributed by atoms with Gasteiger partial charge in [0.05, 0.1) is 61.8 Å². The van der Waals surface area contributed by atoms with Crippen molar-refractivity contribution in [3.63, 3.8) is 0 Å². The lowest BCUT2D eigenvalue weighted by Crippen LogP contribution is -2.52. The van der Waals surface area contributed by atoms with E-state index in [0.29, 0.717) is 51.2 Å². The van der Waals surface area contributed by atoms with E-state index in [1.807, 2.05) is 0 Å². The number of carboxylic acids is 5. The molecule has 0 radical (unpaired) electrons. The van der Waals surface area contributed by atoms with Gasteiger partial charge in [-0.2, -0.15) is 11.8 Å². The molecule has 2 fully saturated rings. The molecule has 0 aromatic carbocycles. The summed E-state index contributed by atoms with van der Waals surface area (Å²) in [6.07, 6.45) is -7.23. The van der Waals surface area contributed by atoms with Crippen LogP contribution in [0.3, 0.4) is 0 Å². The fraction of sp³-hybridized carbons (Fsp3) is 0.716. The van der Waals surface area contributed by atoms with Crippen molar-refractivity contribution < 1.29 is 140 Å². The Hall–Kier alpha value is -10.6. The molecular formula is C81H129N15O29S2. The van der Waals surface area contributed by atoms with Gasteiger partial charge in [0.25, 0.3) is 0 Å². The van der Waals surface area contributed by atoms with Gasteiger partial charge in [0.2, 0.25) is 59.1 Å². The van der Waals surface area contributed by atoms with Gasteiger partial charge >= 0.3 is 29.8 Å². The molecule has 0 saturated carbocycles. The van der Waals surface area contributed by atoms with E-state index >= 15 is 0 Å². The normalized spacial score (nSPS) is 16.0. The van der Waals surface area contributed by atoms with Crippen molar-refractivity contribution in [3.8, 4) is 0 Å². The van der Waals surface area contributed by atoms with Gasteiger partial charge in [-0.1, -0.05) is 20.8 Å².